The van der Waals surface area contributed by atoms with Crippen molar-refractivity contribution < 1.29 is 19.1 Å². The minimum Gasteiger partial charge on any atom is -0.444 e. The fourth-order valence-corrected chi connectivity index (χ4v) is 1.77. The first-order chi connectivity index (χ1) is 7.83. The summed E-state index contributed by atoms with van der Waals surface area (Å²) in [6.07, 6.45) is 1.09. The molecule has 0 aromatic carbocycles. The monoisotopic (exact) mass is 241 g/mol. The molecule has 1 rings (SSSR count). The number of amides is 1. The Kier molecular flexibility index (Phi) is 4.26. The molecule has 0 unspecified atom stereocenters. The van der Waals surface area contributed by atoms with Crippen molar-refractivity contribution in [2.75, 3.05) is 13.1 Å². The molecule has 0 atom stereocenters. The van der Waals surface area contributed by atoms with E-state index in [2.05, 4.69) is 0 Å². The number of hydrogen-bond acceptors (Lipinski definition) is 4. The number of aldehydes is 1. The van der Waals surface area contributed by atoms with Gasteiger partial charge in [0.1, 0.15) is 5.60 Å². The fraction of sp³-hybridized carbons (Fsp3) is 0.750. The molecule has 0 spiro atoms. The molecule has 0 radical (unpaired) electrons. The maximum atomic E-state index is 11.7. The highest BCUT2D eigenvalue weighted by Crippen LogP contribution is 2.19. The Labute approximate surface area is 101 Å². The van der Waals surface area contributed by atoms with Crippen molar-refractivity contribution >= 4 is 18.2 Å². The van der Waals surface area contributed by atoms with Crippen molar-refractivity contribution in [2.45, 2.75) is 39.2 Å². The van der Waals surface area contributed by atoms with Crippen LogP contribution in [0.15, 0.2) is 0 Å². The lowest BCUT2D eigenvalue weighted by atomic mass is 9.93. The molecule has 0 saturated carbocycles. The highest BCUT2D eigenvalue weighted by Gasteiger charge is 2.29. The van der Waals surface area contributed by atoms with Crippen LogP contribution >= 0.6 is 0 Å². The van der Waals surface area contributed by atoms with Crippen LogP contribution < -0.4 is 0 Å². The molecule has 0 bridgehead atoms. The second-order valence-corrected chi connectivity index (χ2v) is 5.26. The van der Waals surface area contributed by atoms with E-state index in [1.54, 1.807) is 4.90 Å². The van der Waals surface area contributed by atoms with E-state index in [0.29, 0.717) is 32.2 Å². The number of likely N-dealkylation sites (tertiary alicyclic amines) is 1. The van der Waals surface area contributed by atoms with Crippen LogP contribution in [0.1, 0.15) is 33.6 Å². The van der Waals surface area contributed by atoms with Gasteiger partial charge >= 0.3 is 6.09 Å². The molecule has 17 heavy (non-hydrogen) atoms. The van der Waals surface area contributed by atoms with E-state index < -0.39 is 5.60 Å². The van der Waals surface area contributed by atoms with Crippen LogP contribution in [0.2, 0.25) is 0 Å². The summed E-state index contributed by atoms with van der Waals surface area (Å²) in [7, 11) is 0. The Morgan fingerprint density at radius 2 is 1.76 bits per heavy atom. The molecule has 1 aliphatic heterocycles. The topological polar surface area (TPSA) is 63.7 Å². The van der Waals surface area contributed by atoms with E-state index in [-0.39, 0.29) is 17.8 Å². The van der Waals surface area contributed by atoms with E-state index in [4.69, 9.17) is 4.74 Å². The van der Waals surface area contributed by atoms with Crippen LogP contribution in [-0.2, 0) is 14.3 Å². The number of hydrogen-bond donors (Lipinski definition) is 0. The first kappa shape index (κ1) is 13.7. The van der Waals surface area contributed by atoms with Crippen LogP contribution in [0.3, 0.4) is 0 Å². The lowest BCUT2D eigenvalue weighted by Crippen LogP contribution is -2.43. The third kappa shape index (κ3) is 4.17. The number of piperidine rings is 1. The van der Waals surface area contributed by atoms with Crippen molar-refractivity contribution in [3.8, 4) is 0 Å². The molecule has 0 aromatic heterocycles. The van der Waals surface area contributed by atoms with Crippen molar-refractivity contribution in [1.29, 1.82) is 0 Å². The van der Waals surface area contributed by atoms with Gasteiger partial charge in [0.05, 0.1) is 0 Å². The SMILES string of the molecule is CC(C)(C)OC(=O)N1CCC(C(=O)C=O)CC1. The smallest absolute Gasteiger partial charge is 0.410 e. The molecule has 96 valence electrons. The second kappa shape index (κ2) is 5.29. The van der Waals surface area contributed by atoms with Crippen LogP contribution in [0.25, 0.3) is 0 Å². The molecule has 1 amide bonds. The zero-order valence-electron chi connectivity index (χ0n) is 10.6. The maximum Gasteiger partial charge on any atom is 0.410 e. The summed E-state index contributed by atoms with van der Waals surface area (Å²) in [4.78, 5) is 34.8. The van der Waals surface area contributed by atoms with Gasteiger partial charge in [0.2, 0.25) is 0 Å². The summed E-state index contributed by atoms with van der Waals surface area (Å²) < 4.78 is 5.23. The zero-order chi connectivity index (χ0) is 13.1. The molecule has 0 N–H and O–H groups in total. The number of carbonyl (C=O) groups is 3. The Bertz CT molecular complexity index is 311. The fourth-order valence-electron chi connectivity index (χ4n) is 1.77. The molecule has 1 heterocycles. The van der Waals surface area contributed by atoms with Gasteiger partial charge in [-0.1, -0.05) is 0 Å². The van der Waals surface area contributed by atoms with Crippen molar-refractivity contribution in [2.24, 2.45) is 5.92 Å². The van der Waals surface area contributed by atoms with Gasteiger partial charge in [-0.05, 0) is 33.6 Å². The number of carbonyl (C=O) groups excluding carboxylic acids is 3. The average molecular weight is 241 g/mol. The lowest BCUT2D eigenvalue weighted by molar-refractivity contribution is -0.133. The van der Waals surface area contributed by atoms with Crippen LogP contribution in [-0.4, -0.2) is 41.8 Å². The van der Waals surface area contributed by atoms with E-state index in [9.17, 15) is 14.4 Å². The van der Waals surface area contributed by atoms with Gasteiger partial charge < -0.3 is 9.64 Å². The van der Waals surface area contributed by atoms with Crippen LogP contribution in [0.5, 0.6) is 0 Å². The standard InChI is InChI=1S/C12H19NO4/c1-12(2,3)17-11(16)13-6-4-9(5-7-13)10(15)8-14/h8-9H,4-7H2,1-3H3. The van der Waals surface area contributed by atoms with Gasteiger partial charge in [-0.15, -0.1) is 0 Å². The minimum absolute atomic E-state index is 0.230. The van der Waals surface area contributed by atoms with Crippen LogP contribution in [0.4, 0.5) is 4.79 Å². The van der Waals surface area contributed by atoms with Gasteiger partial charge in [-0.2, -0.15) is 0 Å². The Morgan fingerprint density at radius 3 is 2.18 bits per heavy atom. The summed E-state index contributed by atoms with van der Waals surface area (Å²) in [5.41, 5.74) is -0.507. The largest absolute Gasteiger partial charge is 0.444 e. The highest BCUT2D eigenvalue weighted by atomic mass is 16.6. The number of ether oxygens (including phenoxy) is 1. The van der Waals surface area contributed by atoms with Gasteiger partial charge in [0.15, 0.2) is 12.1 Å². The van der Waals surface area contributed by atoms with Gasteiger partial charge in [0.25, 0.3) is 0 Å². The Balaban J connectivity index is 2.44. The molecule has 5 heteroatoms. The number of Topliss-reactive ketones (excluding diaryl/α,β-unsaturated/α-hetero) is 1. The molecule has 5 nitrogen and oxygen atoms in total. The van der Waals surface area contributed by atoms with Gasteiger partial charge in [-0.25, -0.2) is 4.79 Å². The molecule has 0 aromatic rings. The minimum atomic E-state index is -0.507. The first-order valence-electron chi connectivity index (χ1n) is 5.80. The number of ketones is 1. The quantitative estimate of drug-likeness (QED) is 0.541. The summed E-state index contributed by atoms with van der Waals surface area (Å²) in [6.45, 7) is 6.38. The third-order valence-electron chi connectivity index (χ3n) is 2.67. The summed E-state index contributed by atoms with van der Waals surface area (Å²) in [5, 5.41) is 0. The third-order valence-corrected chi connectivity index (χ3v) is 2.67. The van der Waals surface area contributed by atoms with E-state index in [0.717, 1.165) is 0 Å². The number of nitrogens with zero attached hydrogens (tertiary/aromatic N) is 1. The van der Waals surface area contributed by atoms with Crippen molar-refractivity contribution in [3.63, 3.8) is 0 Å². The van der Waals surface area contributed by atoms with Crippen LogP contribution in [0, 0.1) is 5.92 Å². The zero-order valence-corrected chi connectivity index (χ0v) is 10.6. The van der Waals surface area contributed by atoms with E-state index >= 15 is 0 Å². The molecular weight excluding hydrogens is 222 g/mol. The van der Waals surface area contributed by atoms with Gasteiger partial charge in [-0.3, -0.25) is 9.59 Å². The molecular formula is C12H19NO4. The Hall–Kier alpha value is -1.39. The second-order valence-electron chi connectivity index (χ2n) is 5.26. The van der Waals surface area contributed by atoms with Crippen molar-refractivity contribution in [3.05, 3.63) is 0 Å². The molecule has 0 aliphatic carbocycles. The Morgan fingerprint density at radius 1 is 1.24 bits per heavy atom. The molecule has 1 aliphatic rings. The summed E-state index contributed by atoms with van der Waals surface area (Å²) in [5.74, 6) is -0.597. The van der Waals surface area contributed by atoms with E-state index in [1.807, 2.05) is 20.8 Å². The first-order valence-corrected chi connectivity index (χ1v) is 5.80. The summed E-state index contributed by atoms with van der Waals surface area (Å²) in [6, 6.07) is 0. The van der Waals surface area contributed by atoms with E-state index in [1.165, 1.54) is 0 Å². The maximum absolute atomic E-state index is 11.7. The van der Waals surface area contributed by atoms with Crippen molar-refractivity contribution in [1.82, 2.24) is 4.90 Å². The normalized spacial score (nSPS) is 17.7. The number of rotatable bonds is 2. The van der Waals surface area contributed by atoms with Gasteiger partial charge in [0, 0.05) is 19.0 Å². The molecule has 1 fully saturated rings. The summed E-state index contributed by atoms with van der Waals surface area (Å²) >= 11 is 0. The highest BCUT2D eigenvalue weighted by molar-refractivity contribution is 6.25. The predicted molar refractivity (Wildman–Crippen MR) is 61.6 cm³/mol. The average Bonchev–Trinajstić information content (AvgIpc) is 2.26. The molecule has 1 saturated heterocycles. The lowest BCUT2D eigenvalue weighted by Gasteiger charge is -2.32. The predicted octanol–water partition coefficient (Wildman–Crippen LogP) is 1.40.